The van der Waals surface area contributed by atoms with Crippen molar-refractivity contribution in [3.63, 3.8) is 0 Å². The maximum atomic E-state index is 13.3. The van der Waals surface area contributed by atoms with E-state index in [1.165, 1.54) is 5.56 Å². The van der Waals surface area contributed by atoms with Crippen molar-refractivity contribution in [2.75, 3.05) is 5.32 Å². The Hall–Kier alpha value is -3.56. The highest BCUT2D eigenvalue weighted by molar-refractivity contribution is 5.78. The van der Waals surface area contributed by atoms with E-state index in [1.807, 2.05) is 28.7 Å². The van der Waals surface area contributed by atoms with Crippen molar-refractivity contribution >= 4 is 17.0 Å². The van der Waals surface area contributed by atoms with Crippen LogP contribution in [0.4, 0.5) is 37.8 Å². The SMILES string of the molecule is CCc1ccc(-c2nc(C3CCCCC3)n3cc(Nc4cc(C(F)(F)F)cc(C(F)(F)F)c4)ncc23)cc1. The van der Waals surface area contributed by atoms with Gasteiger partial charge in [-0.3, -0.25) is 4.40 Å². The van der Waals surface area contributed by atoms with E-state index in [-0.39, 0.29) is 23.5 Å². The van der Waals surface area contributed by atoms with Crippen LogP contribution in [0.15, 0.2) is 54.9 Å². The zero-order chi connectivity index (χ0) is 27.1. The van der Waals surface area contributed by atoms with Crippen LogP contribution in [-0.4, -0.2) is 14.4 Å². The Bertz CT molecular complexity index is 1400. The fourth-order valence-electron chi connectivity index (χ4n) is 5.01. The number of rotatable bonds is 5. The van der Waals surface area contributed by atoms with Gasteiger partial charge >= 0.3 is 12.4 Å². The van der Waals surface area contributed by atoms with E-state index in [0.29, 0.717) is 12.1 Å². The highest BCUT2D eigenvalue weighted by Crippen LogP contribution is 2.39. The van der Waals surface area contributed by atoms with E-state index in [9.17, 15) is 26.3 Å². The van der Waals surface area contributed by atoms with E-state index in [4.69, 9.17) is 4.98 Å². The first-order chi connectivity index (χ1) is 18.0. The molecule has 0 spiro atoms. The molecular formula is C28H26F6N4. The lowest BCUT2D eigenvalue weighted by atomic mass is 9.89. The maximum Gasteiger partial charge on any atom is 0.416 e. The van der Waals surface area contributed by atoms with Gasteiger partial charge in [0.05, 0.1) is 34.7 Å². The summed E-state index contributed by atoms with van der Waals surface area (Å²) >= 11 is 0. The van der Waals surface area contributed by atoms with Gasteiger partial charge < -0.3 is 5.32 Å². The molecule has 1 aliphatic carbocycles. The zero-order valence-corrected chi connectivity index (χ0v) is 20.6. The molecular weight excluding hydrogens is 506 g/mol. The normalized spacial score (nSPS) is 15.2. The average molecular weight is 533 g/mol. The Morgan fingerprint density at radius 2 is 1.53 bits per heavy atom. The van der Waals surface area contributed by atoms with Crippen LogP contribution in [0.3, 0.4) is 0 Å². The summed E-state index contributed by atoms with van der Waals surface area (Å²) in [7, 11) is 0. The molecule has 0 unspecified atom stereocenters. The zero-order valence-electron chi connectivity index (χ0n) is 20.6. The number of hydrogen-bond acceptors (Lipinski definition) is 3. The van der Waals surface area contributed by atoms with Gasteiger partial charge in [0.25, 0.3) is 0 Å². The van der Waals surface area contributed by atoms with Crippen molar-refractivity contribution in [3.8, 4) is 11.3 Å². The number of nitrogens with one attached hydrogen (secondary N) is 1. The second-order valence-corrected chi connectivity index (χ2v) is 9.65. The molecule has 0 radical (unpaired) electrons. The summed E-state index contributed by atoms with van der Waals surface area (Å²) in [6.07, 6.45) is -0.599. The number of fused-ring (bicyclic) bond motifs is 1. The number of aromatic nitrogens is 3. The van der Waals surface area contributed by atoms with E-state index in [0.717, 1.165) is 61.1 Å². The third-order valence-corrected chi connectivity index (χ3v) is 7.02. The minimum absolute atomic E-state index is 0.106. The first-order valence-corrected chi connectivity index (χ1v) is 12.6. The van der Waals surface area contributed by atoms with Gasteiger partial charge in [0.1, 0.15) is 11.6 Å². The summed E-state index contributed by atoms with van der Waals surface area (Å²) in [5.74, 6) is 1.13. The standard InChI is InChI=1S/C28H26F6N4/c1-2-17-8-10-18(11-9-17)25-23-15-35-24(16-38(23)26(37-25)19-6-4-3-5-7-19)36-22-13-20(27(29,30)31)12-21(14-22)28(32,33)34/h8-16,19,36H,2-7H2,1H3. The molecule has 5 rings (SSSR count). The summed E-state index contributed by atoms with van der Waals surface area (Å²) in [5.41, 5.74) is 0.434. The Balaban J connectivity index is 1.58. The van der Waals surface area contributed by atoms with Crippen LogP contribution in [0.2, 0.25) is 0 Å². The molecule has 1 fully saturated rings. The molecule has 4 nitrogen and oxygen atoms in total. The summed E-state index contributed by atoms with van der Waals surface area (Å²) in [4.78, 5) is 9.31. The van der Waals surface area contributed by atoms with Crippen LogP contribution in [0.1, 0.15) is 67.5 Å². The van der Waals surface area contributed by atoms with Gasteiger partial charge in [0.2, 0.25) is 0 Å². The summed E-state index contributed by atoms with van der Waals surface area (Å²) < 4.78 is 81.9. The number of hydrogen-bond donors (Lipinski definition) is 1. The Morgan fingerprint density at radius 1 is 0.895 bits per heavy atom. The van der Waals surface area contributed by atoms with Gasteiger partial charge in [-0.15, -0.1) is 0 Å². The van der Waals surface area contributed by atoms with Gasteiger partial charge in [-0.2, -0.15) is 26.3 Å². The molecule has 2 heterocycles. The largest absolute Gasteiger partial charge is 0.416 e. The lowest BCUT2D eigenvalue weighted by molar-refractivity contribution is -0.143. The molecule has 2 aromatic heterocycles. The quantitative estimate of drug-likeness (QED) is 0.261. The fourth-order valence-corrected chi connectivity index (χ4v) is 5.01. The number of benzene rings is 2. The molecule has 4 aromatic rings. The molecule has 0 atom stereocenters. The molecule has 1 aliphatic rings. The molecule has 0 aliphatic heterocycles. The molecule has 200 valence electrons. The molecule has 10 heteroatoms. The number of aryl methyl sites for hydroxylation is 1. The van der Waals surface area contributed by atoms with Crippen LogP contribution < -0.4 is 5.32 Å². The predicted molar refractivity (Wildman–Crippen MR) is 133 cm³/mol. The first kappa shape index (κ1) is 26.1. The van der Waals surface area contributed by atoms with Crippen molar-refractivity contribution in [3.05, 3.63) is 77.4 Å². The summed E-state index contributed by atoms with van der Waals surface area (Å²) in [5, 5.41) is 2.66. The second kappa shape index (κ2) is 9.96. The highest BCUT2D eigenvalue weighted by atomic mass is 19.4. The number of anilines is 2. The van der Waals surface area contributed by atoms with E-state index in [2.05, 4.69) is 17.2 Å². The summed E-state index contributed by atoms with van der Waals surface area (Å²) in [6, 6.07) is 9.48. The van der Waals surface area contributed by atoms with E-state index >= 15 is 0 Å². The number of alkyl halides is 6. The van der Waals surface area contributed by atoms with Crippen LogP contribution in [-0.2, 0) is 18.8 Å². The molecule has 0 saturated heterocycles. The van der Waals surface area contributed by atoms with Crippen molar-refractivity contribution in [2.24, 2.45) is 0 Å². The lowest BCUT2D eigenvalue weighted by Crippen LogP contribution is -2.12. The minimum atomic E-state index is -4.93. The predicted octanol–water partition coefficient (Wildman–Crippen LogP) is 8.79. The third-order valence-electron chi connectivity index (χ3n) is 7.02. The van der Waals surface area contributed by atoms with Gasteiger partial charge in [0, 0.05) is 17.2 Å². The topological polar surface area (TPSA) is 42.2 Å². The molecule has 2 aromatic carbocycles. The Kier molecular flexibility index (Phi) is 6.83. The van der Waals surface area contributed by atoms with Crippen molar-refractivity contribution in [1.82, 2.24) is 14.4 Å². The van der Waals surface area contributed by atoms with Gasteiger partial charge in [0.15, 0.2) is 0 Å². The molecule has 38 heavy (non-hydrogen) atoms. The van der Waals surface area contributed by atoms with Gasteiger partial charge in [-0.25, -0.2) is 9.97 Å². The molecule has 0 amide bonds. The minimum Gasteiger partial charge on any atom is -0.339 e. The van der Waals surface area contributed by atoms with Crippen LogP contribution in [0.5, 0.6) is 0 Å². The number of nitrogens with zero attached hydrogens (tertiary/aromatic N) is 3. The van der Waals surface area contributed by atoms with Crippen molar-refractivity contribution in [1.29, 1.82) is 0 Å². The Labute approximate surface area is 215 Å². The highest BCUT2D eigenvalue weighted by Gasteiger charge is 2.37. The van der Waals surface area contributed by atoms with Crippen LogP contribution in [0, 0.1) is 0 Å². The Morgan fingerprint density at radius 3 is 2.11 bits per heavy atom. The average Bonchev–Trinajstić information content (AvgIpc) is 3.27. The fraction of sp³-hybridized carbons (Fsp3) is 0.357. The lowest BCUT2D eigenvalue weighted by Gasteiger charge is -2.20. The smallest absolute Gasteiger partial charge is 0.339 e. The van der Waals surface area contributed by atoms with Crippen molar-refractivity contribution in [2.45, 2.75) is 63.7 Å². The first-order valence-electron chi connectivity index (χ1n) is 12.6. The van der Waals surface area contributed by atoms with Crippen molar-refractivity contribution < 1.29 is 26.3 Å². The van der Waals surface area contributed by atoms with E-state index in [1.54, 1.807) is 12.4 Å². The van der Waals surface area contributed by atoms with Crippen LogP contribution in [0.25, 0.3) is 16.8 Å². The molecule has 1 N–H and O–H groups in total. The monoisotopic (exact) mass is 532 g/mol. The molecule has 0 bridgehead atoms. The third kappa shape index (κ3) is 5.35. The van der Waals surface area contributed by atoms with Crippen LogP contribution >= 0.6 is 0 Å². The number of halogens is 6. The van der Waals surface area contributed by atoms with Gasteiger partial charge in [-0.1, -0.05) is 50.5 Å². The maximum absolute atomic E-state index is 13.3. The van der Waals surface area contributed by atoms with E-state index < -0.39 is 23.5 Å². The second-order valence-electron chi connectivity index (χ2n) is 9.65. The summed E-state index contributed by atoms with van der Waals surface area (Å²) in [6.45, 7) is 2.07. The number of imidazole rings is 1. The van der Waals surface area contributed by atoms with Gasteiger partial charge in [-0.05, 0) is 43.0 Å². The molecule has 1 saturated carbocycles.